The van der Waals surface area contributed by atoms with Crippen molar-refractivity contribution in [3.8, 4) is 5.75 Å². The van der Waals surface area contributed by atoms with Gasteiger partial charge in [0.15, 0.2) is 0 Å². The molecule has 3 aromatic rings. The maximum atomic E-state index is 13.2. The van der Waals surface area contributed by atoms with Crippen LogP contribution in [0.2, 0.25) is 0 Å². The zero-order chi connectivity index (χ0) is 18.1. The predicted octanol–water partition coefficient (Wildman–Crippen LogP) is 3.61. The van der Waals surface area contributed by atoms with E-state index in [1.165, 1.54) is 12.1 Å². The highest BCUT2D eigenvalue weighted by Crippen LogP contribution is 2.37. The molecule has 0 saturated carbocycles. The van der Waals surface area contributed by atoms with Crippen LogP contribution in [0.25, 0.3) is 0 Å². The van der Waals surface area contributed by atoms with Crippen molar-refractivity contribution in [2.45, 2.75) is 18.9 Å². The molecule has 0 unspecified atom stereocenters. The molecule has 0 saturated heterocycles. The number of carbonyl (C=O) groups is 1. The molecule has 1 aromatic heterocycles. The van der Waals surface area contributed by atoms with Gasteiger partial charge >= 0.3 is 0 Å². The van der Waals surface area contributed by atoms with Gasteiger partial charge in [-0.05, 0) is 35.4 Å². The molecule has 1 N–H and O–H groups in total. The summed E-state index contributed by atoms with van der Waals surface area (Å²) in [6.45, 7) is 0.301. The van der Waals surface area contributed by atoms with Gasteiger partial charge < -0.3 is 10.1 Å². The van der Waals surface area contributed by atoms with Crippen molar-refractivity contribution in [1.82, 2.24) is 9.78 Å². The summed E-state index contributed by atoms with van der Waals surface area (Å²) in [4.78, 5) is 12.0. The van der Waals surface area contributed by atoms with Crippen molar-refractivity contribution in [2.75, 3.05) is 5.32 Å². The highest BCUT2D eigenvalue weighted by molar-refractivity contribution is 5.94. The van der Waals surface area contributed by atoms with Crippen LogP contribution in [0.15, 0.2) is 54.7 Å². The monoisotopic (exact) mass is 351 g/mol. The first-order valence-corrected chi connectivity index (χ1v) is 8.39. The molecule has 0 radical (unpaired) electrons. The van der Waals surface area contributed by atoms with E-state index in [1.54, 1.807) is 16.9 Å². The number of aromatic nitrogens is 2. The van der Waals surface area contributed by atoms with Crippen molar-refractivity contribution in [1.29, 1.82) is 0 Å². The van der Waals surface area contributed by atoms with Crippen molar-refractivity contribution < 1.29 is 13.9 Å². The number of nitrogens with one attached hydrogen (secondary N) is 1. The quantitative estimate of drug-likeness (QED) is 0.781. The van der Waals surface area contributed by atoms with Crippen LogP contribution in [0.5, 0.6) is 5.75 Å². The van der Waals surface area contributed by atoms with Crippen LogP contribution in [-0.2, 0) is 18.4 Å². The molecule has 26 heavy (non-hydrogen) atoms. The van der Waals surface area contributed by atoms with Crippen LogP contribution in [0.3, 0.4) is 0 Å². The lowest BCUT2D eigenvalue weighted by atomic mass is 9.87. The highest BCUT2D eigenvalue weighted by Gasteiger charge is 2.29. The fraction of sp³-hybridized carbons (Fsp3) is 0.200. The van der Waals surface area contributed by atoms with Crippen LogP contribution in [-0.4, -0.2) is 15.7 Å². The van der Waals surface area contributed by atoms with Gasteiger partial charge in [0.2, 0.25) is 5.91 Å². The Labute approximate surface area is 150 Å². The second-order valence-corrected chi connectivity index (χ2v) is 6.36. The SMILES string of the molecule is Cn1ncc2c1NC(=O)C[C@@H]2c1ccc(OCc2cccc(F)c2)cc1. The summed E-state index contributed by atoms with van der Waals surface area (Å²) in [6, 6.07) is 14.0. The second-order valence-electron chi connectivity index (χ2n) is 6.36. The van der Waals surface area contributed by atoms with Crippen LogP contribution >= 0.6 is 0 Å². The van der Waals surface area contributed by atoms with Gasteiger partial charge in [0, 0.05) is 24.9 Å². The van der Waals surface area contributed by atoms with E-state index in [2.05, 4.69) is 10.4 Å². The largest absolute Gasteiger partial charge is 0.489 e. The fourth-order valence-electron chi connectivity index (χ4n) is 3.23. The molecule has 1 atom stereocenters. The molecule has 4 rings (SSSR count). The van der Waals surface area contributed by atoms with Crippen molar-refractivity contribution >= 4 is 11.7 Å². The topological polar surface area (TPSA) is 56.2 Å². The molecular weight excluding hydrogens is 333 g/mol. The molecule has 0 fully saturated rings. The third kappa shape index (κ3) is 3.18. The van der Waals surface area contributed by atoms with Gasteiger partial charge in [-0.1, -0.05) is 24.3 Å². The molecule has 2 aromatic carbocycles. The minimum Gasteiger partial charge on any atom is -0.489 e. The van der Waals surface area contributed by atoms with Crippen molar-refractivity contribution in [3.05, 3.63) is 77.2 Å². The first kappa shape index (κ1) is 16.3. The molecule has 1 aliphatic heterocycles. The predicted molar refractivity (Wildman–Crippen MR) is 95.5 cm³/mol. The number of aryl methyl sites for hydroxylation is 1. The smallest absolute Gasteiger partial charge is 0.226 e. The minimum absolute atomic E-state index is 0.0162. The number of fused-ring (bicyclic) bond motifs is 1. The van der Waals surface area contributed by atoms with Gasteiger partial charge in [0.25, 0.3) is 0 Å². The average molecular weight is 351 g/mol. The van der Waals surface area contributed by atoms with Crippen LogP contribution < -0.4 is 10.1 Å². The number of anilines is 1. The number of nitrogens with zero attached hydrogens (tertiary/aromatic N) is 2. The Morgan fingerprint density at radius 1 is 1.27 bits per heavy atom. The maximum Gasteiger partial charge on any atom is 0.226 e. The molecule has 6 heteroatoms. The van der Waals surface area contributed by atoms with E-state index in [0.717, 1.165) is 22.5 Å². The molecule has 132 valence electrons. The number of benzene rings is 2. The standard InChI is InChI=1S/C20H18FN3O2/c1-24-20-18(11-22-24)17(10-19(25)23-20)14-5-7-16(8-6-14)26-12-13-3-2-4-15(21)9-13/h2-9,11,17H,10,12H2,1H3,(H,23,25)/t17-/m1/s1. The van der Waals surface area contributed by atoms with E-state index in [9.17, 15) is 9.18 Å². The van der Waals surface area contributed by atoms with Gasteiger partial charge in [-0.3, -0.25) is 9.48 Å². The van der Waals surface area contributed by atoms with E-state index < -0.39 is 0 Å². The Hall–Kier alpha value is -3.15. The van der Waals surface area contributed by atoms with E-state index in [4.69, 9.17) is 4.74 Å². The number of hydrogen-bond acceptors (Lipinski definition) is 3. The zero-order valence-electron chi connectivity index (χ0n) is 14.3. The van der Waals surface area contributed by atoms with Gasteiger partial charge in [-0.15, -0.1) is 0 Å². The average Bonchev–Trinajstić information content (AvgIpc) is 3.01. The van der Waals surface area contributed by atoms with E-state index in [1.807, 2.05) is 37.4 Å². The van der Waals surface area contributed by atoms with Gasteiger partial charge in [-0.2, -0.15) is 5.10 Å². The van der Waals surface area contributed by atoms with Crippen LogP contribution in [0.4, 0.5) is 10.2 Å². The number of hydrogen-bond donors (Lipinski definition) is 1. The van der Waals surface area contributed by atoms with Gasteiger partial charge in [-0.25, -0.2) is 4.39 Å². The van der Waals surface area contributed by atoms with E-state index in [0.29, 0.717) is 18.8 Å². The normalized spacial score (nSPS) is 16.1. The molecule has 0 spiro atoms. The van der Waals surface area contributed by atoms with Crippen molar-refractivity contribution in [3.63, 3.8) is 0 Å². The lowest BCUT2D eigenvalue weighted by Gasteiger charge is -2.23. The fourth-order valence-corrected chi connectivity index (χ4v) is 3.23. The second kappa shape index (κ2) is 6.63. The number of ether oxygens (including phenoxy) is 1. The van der Waals surface area contributed by atoms with Crippen LogP contribution in [0.1, 0.15) is 29.0 Å². The Morgan fingerprint density at radius 2 is 2.08 bits per heavy atom. The molecule has 1 aliphatic rings. The van der Waals surface area contributed by atoms with Crippen LogP contribution in [0, 0.1) is 5.82 Å². The zero-order valence-corrected chi connectivity index (χ0v) is 14.3. The summed E-state index contributed by atoms with van der Waals surface area (Å²) in [7, 11) is 1.81. The summed E-state index contributed by atoms with van der Waals surface area (Å²) in [6.07, 6.45) is 2.19. The summed E-state index contributed by atoms with van der Waals surface area (Å²) in [5.41, 5.74) is 2.82. The number of amides is 1. The van der Waals surface area contributed by atoms with Crippen molar-refractivity contribution in [2.24, 2.45) is 7.05 Å². The van der Waals surface area contributed by atoms with E-state index in [-0.39, 0.29) is 17.6 Å². The molecule has 5 nitrogen and oxygen atoms in total. The third-order valence-electron chi connectivity index (χ3n) is 4.57. The first-order valence-electron chi connectivity index (χ1n) is 8.39. The van der Waals surface area contributed by atoms with Gasteiger partial charge in [0.1, 0.15) is 24.0 Å². The van der Waals surface area contributed by atoms with Gasteiger partial charge in [0.05, 0.1) is 6.20 Å². The lowest BCUT2D eigenvalue weighted by molar-refractivity contribution is -0.116. The maximum absolute atomic E-state index is 13.2. The molecule has 0 bridgehead atoms. The van der Waals surface area contributed by atoms with E-state index >= 15 is 0 Å². The summed E-state index contributed by atoms with van der Waals surface area (Å²) < 4.78 is 20.6. The number of carbonyl (C=O) groups excluding carboxylic acids is 1. The molecular formula is C20H18FN3O2. The lowest BCUT2D eigenvalue weighted by Crippen LogP contribution is -2.24. The Kier molecular flexibility index (Phi) is 4.16. The molecule has 2 heterocycles. The summed E-state index contributed by atoms with van der Waals surface area (Å²) in [5, 5.41) is 7.11. The molecule has 0 aliphatic carbocycles. The number of halogens is 1. The number of rotatable bonds is 4. The Morgan fingerprint density at radius 3 is 2.85 bits per heavy atom. The summed E-state index contributed by atoms with van der Waals surface area (Å²) >= 11 is 0. The first-order chi connectivity index (χ1) is 12.6. The summed E-state index contributed by atoms with van der Waals surface area (Å²) in [5.74, 6) is 1.13. The third-order valence-corrected chi connectivity index (χ3v) is 4.57. The highest BCUT2D eigenvalue weighted by atomic mass is 19.1. The molecule has 1 amide bonds. The Bertz CT molecular complexity index is 950. The minimum atomic E-state index is -0.274. The Balaban J connectivity index is 1.50.